The van der Waals surface area contributed by atoms with Gasteiger partial charge in [-0.05, 0) is 42.3 Å². The molecule has 0 bridgehead atoms. The second kappa shape index (κ2) is 7.12. The maximum absolute atomic E-state index is 12.8. The van der Waals surface area contributed by atoms with Gasteiger partial charge in [0.05, 0.1) is 17.7 Å². The van der Waals surface area contributed by atoms with E-state index >= 15 is 0 Å². The highest BCUT2D eigenvalue weighted by Gasteiger charge is 2.36. The number of hydrogen-bond donors (Lipinski definition) is 1. The molecule has 1 aliphatic heterocycles. The predicted octanol–water partition coefficient (Wildman–Crippen LogP) is 4.04. The summed E-state index contributed by atoms with van der Waals surface area (Å²) in [7, 11) is 0. The Bertz CT molecular complexity index is 1090. The molecule has 3 amide bonds. The summed E-state index contributed by atoms with van der Waals surface area (Å²) in [5.74, 6) is -1.04. The Hall–Kier alpha value is -3.73. The van der Waals surface area contributed by atoms with E-state index in [0.717, 1.165) is 11.1 Å². The van der Waals surface area contributed by atoms with Crippen LogP contribution < -0.4 is 5.32 Å². The predicted molar refractivity (Wildman–Crippen MR) is 106 cm³/mol. The zero-order valence-corrected chi connectivity index (χ0v) is 15.3. The first-order valence-electron chi connectivity index (χ1n) is 8.96. The van der Waals surface area contributed by atoms with Crippen molar-refractivity contribution < 1.29 is 14.4 Å². The van der Waals surface area contributed by atoms with Crippen molar-refractivity contribution in [2.45, 2.75) is 13.5 Å². The van der Waals surface area contributed by atoms with E-state index in [0.29, 0.717) is 16.8 Å². The summed E-state index contributed by atoms with van der Waals surface area (Å²) in [6.45, 7) is 2.11. The van der Waals surface area contributed by atoms with Gasteiger partial charge >= 0.3 is 0 Å². The summed E-state index contributed by atoms with van der Waals surface area (Å²) >= 11 is 0. The van der Waals surface area contributed by atoms with E-state index in [4.69, 9.17) is 0 Å². The summed E-state index contributed by atoms with van der Waals surface area (Å²) in [4.78, 5) is 39.2. The number of para-hydroxylation sites is 1. The lowest BCUT2D eigenvalue weighted by atomic mass is 10.0. The molecule has 0 unspecified atom stereocenters. The van der Waals surface area contributed by atoms with Gasteiger partial charge < -0.3 is 5.32 Å². The van der Waals surface area contributed by atoms with Crippen LogP contribution in [0, 0.1) is 6.92 Å². The van der Waals surface area contributed by atoms with Gasteiger partial charge in [0.2, 0.25) is 0 Å². The molecular formula is C23H18N2O3. The van der Waals surface area contributed by atoms with Gasteiger partial charge in [0, 0.05) is 11.3 Å². The number of nitrogens with one attached hydrogen (secondary N) is 1. The number of imide groups is 1. The highest BCUT2D eigenvalue weighted by molar-refractivity contribution is 6.22. The van der Waals surface area contributed by atoms with Gasteiger partial charge in [0.15, 0.2) is 0 Å². The van der Waals surface area contributed by atoms with Crippen LogP contribution in [-0.4, -0.2) is 22.6 Å². The van der Waals surface area contributed by atoms with Gasteiger partial charge in [-0.3, -0.25) is 19.3 Å². The number of amides is 3. The molecule has 4 rings (SSSR count). The first-order valence-corrected chi connectivity index (χ1v) is 8.96. The SMILES string of the molecule is Cc1ccccc1NC(=O)c1ccc2c(c1)C(=O)N(Cc1ccccc1)C2=O. The van der Waals surface area contributed by atoms with E-state index in [1.54, 1.807) is 12.1 Å². The molecular weight excluding hydrogens is 352 g/mol. The Morgan fingerprint density at radius 2 is 1.54 bits per heavy atom. The molecule has 3 aromatic carbocycles. The molecule has 3 aromatic rings. The lowest BCUT2D eigenvalue weighted by molar-refractivity contribution is 0.0642. The topological polar surface area (TPSA) is 66.5 Å². The minimum absolute atomic E-state index is 0.206. The molecule has 0 saturated carbocycles. The molecule has 0 spiro atoms. The number of aryl methyl sites for hydroxylation is 1. The summed E-state index contributed by atoms with van der Waals surface area (Å²) in [6.07, 6.45) is 0. The van der Waals surface area contributed by atoms with E-state index in [9.17, 15) is 14.4 Å². The molecule has 0 radical (unpaired) electrons. The zero-order valence-electron chi connectivity index (χ0n) is 15.3. The molecule has 1 aliphatic rings. The molecule has 0 saturated heterocycles. The van der Waals surface area contributed by atoms with Gasteiger partial charge in [-0.1, -0.05) is 48.5 Å². The second-order valence-corrected chi connectivity index (χ2v) is 6.71. The van der Waals surface area contributed by atoms with Crippen LogP contribution in [0.4, 0.5) is 5.69 Å². The Morgan fingerprint density at radius 3 is 2.29 bits per heavy atom. The highest BCUT2D eigenvalue weighted by atomic mass is 16.2. The molecule has 28 heavy (non-hydrogen) atoms. The molecule has 138 valence electrons. The third-order valence-corrected chi connectivity index (χ3v) is 4.81. The van der Waals surface area contributed by atoms with Crippen LogP contribution in [0.3, 0.4) is 0 Å². The standard InChI is InChI=1S/C23H18N2O3/c1-15-7-5-6-10-20(15)24-21(26)17-11-12-18-19(13-17)23(28)25(22(18)27)14-16-8-3-2-4-9-16/h2-13H,14H2,1H3,(H,24,26). The fourth-order valence-corrected chi connectivity index (χ4v) is 3.25. The van der Waals surface area contributed by atoms with Crippen molar-refractivity contribution in [2.24, 2.45) is 0 Å². The maximum Gasteiger partial charge on any atom is 0.261 e. The van der Waals surface area contributed by atoms with Crippen LogP contribution >= 0.6 is 0 Å². The van der Waals surface area contributed by atoms with E-state index < -0.39 is 0 Å². The van der Waals surface area contributed by atoms with Crippen LogP contribution in [0.25, 0.3) is 0 Å². The van der Waals surface area contributed by atoms with Gasteiger partial charge in [0.25, 0.3) is 17.7 Å². The molecule has 0 aliphatic carbocycles. The minimum Gasteiger partial charge on any atom is -0.322 e. The number of anilines is 1. The molecule has 1 heterocycles. The van der Waals surface area contributed by atoms with Crippen molar-refractivity contribution >= 4 is 23.4 Å². The van der Waals surface area contributed by atoms with Crippen LogP contribution in [0.1, 0.15) is 42.2 Å². The van der Waals surface area contributed by atoms with Gasteiger partial charge in [0.1, 0.15) is 0 Å². The third kappa shape index (κ3) is 3.18. The second-order valence-electron chi connectivity index (χ2n) is 6.71. The largest absolute Gasteiger partial charge is 0.322 e. The van der Waals surface area contributed by atoms with E-state index in [2.05, 4.69) is 5.32 Å². The summed E-state index contributed by atoms with van der Waals surface area (Å²) < 4.78 is 0. The van der Waals surface area contributed by atoms with Crippen molar-refractivity contribution in [1.82, 2.24) is 4.90 Å². The normalized spacial score (nSPS) is 12.8. The first-order chi connectivity index (χ1) is 13.5. The highest BCUT2D eigenvalue weighted by Crippen LogP contribution is 2.26. The third-order valence-electron chi connectivity index (χ3n) is 4.81. The zero-order chi connectivity index (χ0) is 19.7. The number of benzene rings is 3. The van der Waals surface area contributed by atoms with Crippen LogP contribution in [-0.2, 0) is 6.54 Å². The molecule has 0 fully saturated rings. The fourth-order valence-electron chi connectivity index (χ4n) is 3.25. The van der Waals surface area contributed by atoms with Crippen LogP contribution in [0.2, 0.25) is 0 Å². The van der Waals surface area contributed by atoms with Crippen LogP contribution in [0.15, 0.2) is 72.8 Å². The van der Waals surface area contributed by atoms with Crippen molar-refractivity contribution in [3.63, 3.8) is 0 Å². The van der Waals surface area contributed by atoms with E-state index in [-0.39, 0.29) is 29.8 Å². The average Bonchev–Trinajstić information content (AvgIpc) is 2.95. The van der Waals surface area contributed by atoms with Crippen molar-refractivity contribution in [3.8, 4) is 0 Å². The Balaban J connectivity index is 1.58. The van der Waals surface area contributed by atoms with E-state index in [1.165, 1.54) is 11.0 Å². The molecule has 5 nitrogen and oxygen atoms in total. The minimum atomic E-state index is -0.380. The number of fused-ring (bicyclic) bond motifs is 1. The van der Waals surface area contributed by atoms with Gasteiger partial charge in [-0.25, -0.2) is 0 Å². The lowest BCUT2D eigenvalue weighted by Crippen LogP contribution is -2.29. The number of carbonyl (C=O) groups is 3. The molecule has 0 aromatic heterocycles. The summed E-state index contributed by atoms with van der Waals surface area (Å²) in [6, 6.07) is 21.4. The van der Waals surface area contributed by atoms with Crippen molar-refractivity contribution in [1.29, 1.82) is 0 Å². The fraction of sp³-hybridized carbons (Fsp3) is 0.0870. The lowest BCUT2D eigenvalue weighted by Gasteiger charge is -2.13. The molecule has 0 atom stereocenters. The van der Waals surface area contributed by atoms with Crippen molar-refractivity contribution in [2.75, 3.05) is 5.32 Å². The maximum atomic E-state index is 12.8. The average molecular weight is 370 g/mol. The van der Waals surface area contributed by atoms with Gasteiger partial charge in [-0.15, -0.1) is 0 Å². The molecule has 1 N–H and O–H groups in total. The number of rotatable bonds is 4. The smallest absolute Gasteiger partial charge is 0.261 e. The summed E-state index contributed by atoms with van der Waals surface area (Å²) in [5, 5.41) is 2.85. The quantitative estimate of drug-likeness (QED) is 0.705. The van der Waals surface area contributed by atoms with Crippen molar-refractivity contribution in [3.05, 3.63) is 101 Å². The Kier molecular flexibility index (Phi) is 4.49. The summed E-state index contributed by atoms with van der Waals surface area (Å²) in [5.41, 5.74) is 3.45. The Morgan fingerprint density at radius 1 is 0.857 bits per heavy atom. The Labute approximate surface area is 162 Å². The monoisotopic (exact) mass is 370 g/mol. The number of nitrogens with zero attached hydrogens (tertiary/aromatic N) is 1. The number of carbonyl (C=O) groups excluding carboxylic acids is 3. The first kappa shape index (κ1) is 17.7. The van der Waals surface area contributed by atoms with Gasteiger partial charge in [-0.2, -0.15) is 0 Å². The van der Waals surface area contributed by atoms with Crippen LogP contribution in [0.5, 0.6) is 0 Å². The van der Waals surface area contributed by atoms with E-state index in [1.807, 2.05) is 61.5 Å². The molecule has 5 heteroatoms. The number of hydrogen-bond acceptors (Lipinski definition) is 3.